The summed E-state index contributed by atoms with van der Waals surface area (Å²) in [5.41, 5.74) is 8.34. The lowest BCUT2D eigenvalue weighted by molar-refractivity contribution is 0.0767. The minimum Gasteiger partial charge on any atom is -0.383 e. The molecular weight excluding hydrogens is 326 g/mol. The first-order chi connectivity index (χ1) is 11.1. The summed E-state index contributed by atoms with van der Waals surface area (Å²) >= 11 is 6.78. The van der Waals surface area contributed by atoms with Crippen molar-refractivity contribution in [2.24, 2.45) is 0 Å². The Kier molecular flexibility index (Phi) is 4.82. The van der Waals surface area contributed by atoms with E-state index in [2.05, 4.69) is 0 Å². The molecule has 1 amide bonds. The number of hydrogen-bond acceptors (Lipinski definition) is 4. The van der Waals surface area contributed by atoms with Gasteiger partial charge < -0.3 is 10.6 Å². The monoisotopic (exact) mass is 347 g/mol. The Morgan fingerprint density at radius 1 is 1.22 bits per heavy atom. The molecule has 0 aliphatic carbocycles. The van der Waals surface area contributed by atoms with E-state index in [4.69, 9.17) is 18.0 Å². The van der Waals surface area contributed by atoms with E-state index >= 15 is 0 Å². The number of hydrogen-bond donors (Lipinski definition) is 1. The van der Waals surface area contributed by atoms with Crippen molar-refractivity contribution in [3.8, 4) is 5.69 Å². The number of carbonyl (C=O) groups is 1. The molecule has 1 saturated heterocycles. The molecular formula is C17H21N3OS2. The number of nitrogens with zero attached hydrogens (tertiary/aromatic N) is 2. The predicted octanol–water partition coefficient (Wildman–Crippen LogP) is 4.18. The van der Waals surface area contributed by atoms with E-state index in [1.54, 1.807) is 4.57 Å². The number of nitrogen functional groups attached to an aromatic ring is 1. The van der Waals surface area contributed by atoms with Gasteiger partial charge in [0.05, 0.1) is 0 Å². The molecule has 1 aromatic heterocycles. The van der Waals surface area contributed by atoms with Gasteiger partial charge in [0.25, 0.3) is 5.91 Å². The van der Waals surface area contributed by atoms with E-state index in [-0.39, 0.29) is 5.91 Å². The second-order valence-electron chi connectivity index (χ2n) is 5.96. The first-order valence-electron chi connectivity index (χ1n) is 7.95. The summed E-state index contributed by atoms with van der Waals surface area (Å²) < 4.78 is 2.42. The molecule has 0 saturated carbocycles. The number of aryl methyl sites for hydroxylation is 1. The Balaban J connectivity index is 1.97. The van der Waals surface area contributed by atoms with Crippen molar-refractivity contribution >= 4 is 35.3 Å². The number of anilines is 1. The average Bonchev–Trinajstić information content (AvgIpc) is 2.72. The summed E-state index contributed by atoms with van der Waals surface area (Å²) in [6, 6.07) is 7.99. The SMILES string of the molecule is Cc1cccc(-n2c(N)c(C(=O)N3CCCCCC3)sc2=S)c1. The Hall–Kier alpha value is -1.66. The lowest BCUT2D eigenvalue weighted by Crippen LogP contribution is -2.31. The number of aromatic nitrogens is 1. The number of carbonyl (C=O) groups excluding carboxylic acids is 1. The van der Waals surface area contributed by atoms with Crippen LogP contribution in [0.5, 0.6) is 0 Å². The quantitative estimate of drug-likeness (QED) is 0.829. The van der Waals surface area contributed by atoms with Crippen LogP contribution in [-0.2, 0) is 0 Å². The molecule has 6 heteroatoms. The molecule has 2 N–H and O–H groups in total. The summed E-state index contributed by atoms with van der Waals surface area (Å²) in [5.74, 6) is 0.478. The van der Waals surface area contributed by atoms with E-state index in [1.807, 2.05) is 36.1 Å². The lowest BCUT2D eigenvalue weighted by Gasteiger charge is -2.19. The van der Waals surface area contributed by atoms with Crippen molar-refractivity contribution in [1.29, 1.82) is 0 Å². The van der Waals surface area contributed by atoms with Crippen LogP contribution < -0.4 is 5.73 Å². The van der Waals surface area contributed by atoms with Crippen molar-refractivity contribution in [1.82, 2.24) is 9.47 Å². The van der Waals surface area contributed by atoms with Crippen LogP contribution in [0.1, 0.15) is 40.9 Å². The zero-order valence-electron chi connectivity index (χ0n) is 13.2. The van der Waals surface area contributed by atoms with Crippen molar-refractivity contribution in [2.45, 2.75) is 32.6 Å². The van der Waals surface area contributed by atoms with Crippen LogP contribution >= 0.6 is 23.6 Å². The highest BCUT2D eigenvalue weighted by Gasteiger charge is 2.23. The summed E-state index contributed by atoms with van der Waals surface area (Å²) in [5, 5.41) is 0. The molecule has 3 rings (SSSR count). The molecule has 0 spiro atoms. The molecule has 1 aliphatic heterocycles. The second-order valence-corrected chi connectivity index (χ2v) is 7.61. The van der Waals surface area contributed by atoms with Crippen LogP contribution in [0.4, 0.5) is 5.82 Å². The minimum absolute atomic E-state index is 0.0203. The number of likely N-dealkylation sites (tertiary alicyclic amines) is 1. The first kappa shape index (κ1) is 16.2. The smallest absolute Gasteiger partial charge is 0.267 e. The Morgan fingerprint density at radius 3 is 2.57 bits per heavy atom. The zero-order valence-corrected chi connectivity index (χ0v) is 14.9. The Morgan fingerprint density at radius 2 is 1.91 bits per heavy atom. The van der Waals surface area contributed by atoms with Crippen LogP contribution in [0.25, 0.3) is 5.69 Å². The number of thiazole rings is 1. The number of amides is 1. The van der Waals surface area contributed by atoms with E-state index in [1.165, 1.54) is 24.2 Å². The van der Waals surface area contributed by atoms with Crippen molar-refractivity contribution in [2.75, 3.05) is 18.8 Å². The number of nitrogens with two attached hydrogens (primary N) is 1. The van der Waals surface area contributed by atoms with E-state index in [9.17, 15) is 4.79 Å². The van der Waals surface area contributed by atoms with Crippen molar-refractivity contribution in [3.63, 3.8) is 0 Å². The van der Waals surface area contributed by atoms with Gasteiger partial charge in [-0.3, -0.25) is 9.36 Å². The molecule has 0 unspecified atom stereocenters. The van der Waals surface area contributed by atoms with Gasteiger partial charge in [0.2, 0.25) is 0 Å². The number of benzene rings is 1. The highest BCUT2D eigenvalue weighted by Crippen LogP contribution is 2.28. The molecule has 0 atom stereocenters. The molecule has 23 heavy (non-hydrogen) atoms. The van der Waals surface area contributed by atoms with E-state index < -0.39 is 0 Å². The topological polar surface area (TPSA) is 51.3 Å². The van der Waals surface area contributed by atoms with E-state index in [0.717, 1.165) is 37.2 Å². The molecule has 4 nitrogen and oxygen atoms in total. The van der Waals surface area contributed by atoms with Crippen molar-refractivity contribution < 1.29 is 4.79 Å². The van der Waals surface area contributed by atoms with Gasteiger partial charge in [0, 0.05) is 18.8 Å². The maximum absolute atomic E-state index is 12.8. The average molecular weight is 348 g/mol. The maximum atomic E-state index is 12.8. The van der Waals surface area contributed by atoms with Gasteiger partial charge in [0.1, 0.15) is 10.7 Å². The maximum Gasteiger partial charge on any atom is 0.267 e. The summed E-state index contributed by atoms with van der Waals surface area (Å²) in [7, 11) is 0. The fourth-order valence-corrected chi connectivity index (χ4v) is 4.30. The fourth-order valence-electron chi connectivity index (χ4n) is 2.97. The van der Waals surface area contributed by atoms with Crippen LogP contribution in [0.15, 0.2) is 24.3 Å². The second kappa shape index (κ2) is 6.84. The summed E-state index contributed by atoms with van der Waals surface area (Å²) in [4.78, 5) is 15.3. The van der Waals surface area contributed by atoms with Gasteiger partial charge in [-0.05, 0) is 49.7 Å². The standard InChI is InChI=1S/C17H21N3OS2/c1-12-7-6-8-13(11-12)20-15(18)14(23-17(20)22)16(21)19-9-4-2-3-5-10-19/h6-8,11H,2-5,9-10,18H2,1H3. The molecule has 1 fully saturated rings. The van der Waals surface area contributed by atoms with Gasteiger partial charge in [-0.15, -0.1) is 0 Å². The third-order valence-electron chi connectivity index (χ3n) is 4.19. The summed E-state index contributed by atoms with van der Waals surface area (Å²) in [6.45, 7) is 3.65. The largest absolute Gasteiger partial charge is 0.383 e. The van der Waals surface area contributed by atoms with Crippen LogP contribution in [-0.4, -0.2) is 28.5 Å². The third kappa shape index (κ3) is 3.33. The molecule has 1 aliphatic rings. The van der Waals surface area contributed by atoms with Crippen LogP contribution in [0, 0.1) is 10.9 Å². The summed E-state index contributed by atoms with van der Waals surface area (Å²) in [6.07, 6.45) is 4.52. The van der Waals surface area contributed by atoms with Crippen molar-refractivity contribution in [3.05, 3.63) is 38.7 Å². The fraction of sp³-hybridized carbons (Fsp3) is 0.412. The van der Waals surface area contributed by atoms with Gasteiger partial charge in [-0.25, -0.2) is 0 Å². The highest BCUT2D eigenvalue weighted by atomic mass is 32.1. The minimum atomic E-state index is 0.0203. The first-order valence-corrected chi connectivity index (χ1v) is 9.18. The lowest BCUT2D eigenvalue weighted by atomic mass is 10.2. The van der Waals surface area contributed by atoms with Crippen LogP contribution in [0.3, 0.4) is 0 Å². The normalized spacial score (nSPS) is 15.4. The van der Waals surface area contributed by atoms with Gasteiger partial charge >= 0.3 is 0 Å². The third-order valence-corrected chi connectivity index (χ3v) is 5.57. The Labute approximate surface area is 145 Å². The molecule has 2 aromatic rings. The Bertz CT molecular complexity index is 770. The van der Waals surface area contributed by atoms with Gasteiger partial charge in [-0.1, -0.05) is 36.3 Å². The highest BCUT2D eigenvalue weighted by molar-refractivity contribution is 7.73. The molecule has 0 radical (unpaired) electrons. The van der Waals surface area contributed by atoms with Gasteiger partial charge in [-0.2, -0.15) is 0 Å². The molecule has 0 bridgehead atoms. The van der Waals surface area contributed by atoms with Gasteiger partial charge in [0.15, 0.2) is 3.95 Å². The number of rotatable bonds is 2. The molecule has 1 aromatic carbocycles. The molecule has 122 valence electrons. The van der Waals surface area contributed by atoms with Crippen LogP contribution in [0.2, 0.25) is 0 Å². The van der Waals surface area contributed by atoms with E-state index in [0.29, 0.717) is 14.6 Å². The predicted molar refractivity (Wildman–Crippen MR) is 98.0 cm³/mol. The zero-order chi connectivity index (χ0) is 16.4. The molecule has 2 heterocycles.